The third kappa shape index (κ3) is 3.67. The highest BCUT2D eigenvalue weighted by atomic mass is 127. The van der Waals surface area contributed by atoms with Crippen LogP contribution in [-0.2, 0) is 11.3 Å². The minimum absolute atomic E-state index is 0.00899. The molecule has 3 aromatic rings. The maximum absolute atomic E-state index is 12.6. The van der Waals surface area contributed by atoms with Crippen LogP contribution in [0.15, 0.2) is 41.2 Å². The molecule has 1 heterocycles. The quantitative estimate of drug-likeness (QED) is 0.587. The summed E-state index contributed by atoms with van der Waals surface area (Å²) >= 11 is 2.24. The molecule has 0 atom stereocenters. The standard InChI is InChI=1S/C21H21IN2O2/c1-12-7-15(4)21-17(8-12)13(2)10-20(26)24(21)11-19(25)23-18-6-5-16(22)9-14(18)3/h5-10H,11H2,1-4H3,(H,23,25). The molecule has 0 aliphatic heterocycles. The van der Waals surface area contributed by atoms with Crippen molar-refractivity contribution in [2.45, 2.75) is 34.2 Å². The largest absolute Gasteiger partial charge is 0.324 e. The fraction of sp³-hybridized carbons (Fsp3) is 0.238. The van der Waals surface area contributed by atoms with Gasteiger partial charge in [-0.3, -0.25) is 14.2 Å². The molecular weight excluding hydrogens is 439 g/mol. The second-order valence-corrected chi connectivity index (χ2v) is 7.98. The molecular formula is C21H21IN2O2. The van der Waals surface area contributed by atoms with Gasteiger partial charge in [0.2, 0.25) is 5.91 Å². The predicted octanol–water partition coefficient (Wildman–Crippen LogP) is 4.48. The minimum Gasteiger partial charge on any atom is -0.324 e. The second kappa shape index (κ2) is 7.23. The lowest BCUT2D eigenvalue weighted by Gasteiger charge is -2.15. The van der Waals surface area contributed by atoms with Crippen molar-refractivity contribution in [2.75, 3.05) is 5.32 Å². The van der Waals surface area contributed by atoms with Crippen molar-refractivity contribution in [1.29, 1.82) is 0 Å². The number of nitrogens with one attached hydrogen (secondary N) is 1. The highest BCUT2D eigenvalue weighted by Crippen LogP contribution is 2.23. The third-order valence-electron chi connectivity index (χ3n) is 4.51. The topological polar surface area (TPSA) is 51.1 Å². The van der Waals surface area contributed by atoms with Crippen molar-refractivity contribution in [3.63, 3.8) is 0 Å². The first-order valence-corrected chi connectivity index (χ1v) is 9.51. The number of carbonyl (C=O) groups excluding carboxylic acids is 1. The molecule has 2 aromatic carbocycles. The van der Waals surface area contributed by atoms with Crippen molar-refractivity contribution >= 4 is 45.1 Å². The fourth-order valence-corrected chi connectivity index (χ4v) is 3.97. The molecule has 0 saturated carbocycles. The van der Waals surface area contributed by atoms with Gasteiger partial charge < -0.3 is 5.32 Å². The Hall–Kier alpha value is -2.15. The number of aryl methyl sites for hydroxylation is 4. The lowest BCUT2D eigenvalue weighted by atomic mass is 10.0. The monoisotopic (exact) mass is 460 g/mol. The van der Waals surface area contributed by atoms with Gasteiger partial charge in [-0.1, -0.05) is 11.6 Å². The molecule has 1 amide bonds. The van der Waals surface area contributed by atoms with Gasteiger partial charge in [-0.15, -0.1) is 0 Å². The Morgan fingerprint density at radius 3 is 2.42 bits per heavy atom. The molecule has 4 nitrogen and oxygen atoms in total. The van der Waals surface area contributed by atoms with Crippen LogP contribution in [0.3, 0.4) is 0 Å². The summed E-state index contributed by atoms with van der Waals surface area (Å²) in [6.07, 6.45) is 0. The van der Waals surface area contributed by atoms with Crippen molar-refractivity contribution < 1.29 is 4.79 Å². The zero-order valence-corrected chi connectivity index (χ0v) is 17.5. The SMILES string of the molecule is Cc1cc(C)c2c(c1)c(C)cc(=O)n2CC(=O)Nc1ccc(I)cc1C. The number of amides is 1. The maximum atomic E-state index is 12.6. The summed E-state index contributed by atoms with van der Waals surface area (Å²) in [6, 6.07) is 11.6. The molecule has 5 heteroatoms. The van der Waals surface area contributed by atoms with E-state index in [-0.39, 0.29) is 18.0 Å². The Morgan fingerprint density at radius 2 is 1.73 bits per heavy atom. The normalized spacial score (nSPS) is 11.0. The number of aromatic nitrogens is 1. The van der Waals surface area contributed by atoms with E-state index in [0.29, 0.717) is 0 Å². The van der Waals surface area contributed by atoms with Crippen LogP contribution in [0.5, 0.6) is 0 Å². The summed E-state index contributed by atoms with van der Waals surface area (Å²) in [4.78, 5) is 25.2. The molecule has 0 aliphatic rings. The van der Waals surface area contributed by atoms with Crippen LogP contribution in [-0.4, -0.2) is 10.5 Å². The molecule has 1 N–H and O–H groups in total. The number of rotatable bonds is 3. The maximum Gasteiger partial charge on any atom is 0.251 e. The van der Waals surface area contributed by atoms with Gasteiger partial charge in [0.25, 0.3) is 5.56 Å². The Kier molecular flexibility index (Phi) is 5.18. The molecule has 0 fully saturated rings. The summed E-state index contributed by atoms with van der Waals surface area (Å²) in [6.45, 7) is 7.89. The highest BCUT2D eigenvalue weighted by Gasteiger charge is 2.13. The molecule has 0 bridgehead atoms. The van der Waals surface area contributed by atoms with Crippen molar-refractivity contribution in [1.82, 2.24) is 4.57 Å². The van der Waals surface area contributed by atoms with E-state index < -0.39 is 0 Å². The fourth-order valence-electron chi connectivity index (χ4n) is 3.33. The predicted molar refractivity (Wildman–Crippen MR) is 115 cm³/mol. The number of carbonyl (C=O) groups is 1. The smallest absolute Gasteiger partial charge is 0.251 e. The van der Waals surface area contributed by atoms with E-state index in [9.17, 15) is 9.59 Å². The number of hydrogen-bond donors (Lipinski definition) is 1. The van der Waals surface area contributed by atoms with E-state index in [1.807, 2.05) is 52.0 Å². The number of fused-ring (bicyclic) bond motifs is 1. The van der Waals surface area contributed by atoms with E-state index in [1.54, 1.807) is 10.6 Å². The van der Waals surface area contributed by atoms with Gasteiger partial charge in [0.1, 0.15) is 6.54 Å². The van der Waals surface area contributed by atoms with Crippen LogP contribution in [0.25, 0.3) is 10.9 Å². The summed E-state index contributed by atoms with van der Waals surface area (Å²) in [5.74, 6) is -0.207. The Morgan fingerprint density at radius 1 is 1.00 bits per heavy atom. The van der Waals surface area contributed by atoms with E-state index in [0.717, 1.165) is 42.4 Å². The van der Waals surface area contributed by atoms with Crippen molar-refractivity contribution in [2.24, 2.45) is 0 Å². The zero-order chi connectivity index (χ0) is 19.0. The average Bonchev–Trinajstić information content (AvgIpc) is 2.54. The number of pyridine rings is 1. The lowest BCUT2D eigenvalue weighted by Crippen LogP contribution is -2.28. The number of nitrogens with zero attached hydrogens (tertiary/aromatic N) is 1. The molecule has 134 valence electrons. The number of benzene rings is 2. The van der Waals surface area contributed by atoms with E-state index >= 15 is 0 Å². The molecule has 0 spiro atoms. The Bertz CT molecular complexity index is 1080. The van der Waals surface area contributed by atoms with Gasteiger partial charge in [0.15, 0.2) is 0 Å². The molecule has 0 radical (unpaired) electrons. The van der Waals surface area contributed by atoms with E-state index in [2.05, 4.69) is 34.0 Å². The molecule has 0 saturated heterocycles. The molecule has 0 aliphatic carbocycles. The minimum atomic E-state index is -0.207. The van der Waals surface area contributed by atoms with Crippen LogP contribution in [0.4, 0.5) is 5.69 Å². The van der Waals surface area contributed by atoms with Gasteiger partial charge in [-0.2, -0.15) is 0 Å². The molecule has 0 unspecified atom stereocenters. The first-order chi connectivity index (χ1) is 12.3. The number of halogens is 1. The van der Waals surface area contributed by atoms with Crippen LogP contribution in [0.2, 0.25) is 0 Å². The van der Waals surface area contributed by atoms with Gasteiger partial charge in [0, 0.05) is 20.7 Å². The first kappa shape index (κ1) is 18.6. The van der Waals surface area contributed by atoms with Crippen LogP contribution in [0, 0.1) is 31.3 Å². The van der Waals surface area contributed by atoms with E-state index in [1.165, 1.54) is 0 Å². The van der Waals surface area contributed by atoms with Crippen LogP contribution >= 0.6 is 22.6 Å². The summed E-state index contributed by atoms with van der Waals surface area (Å²) in [7, 11) is 0. The number of hydrogen-bond acceptors (Lipinski definition) is 2. The number of anilines is 1. The average molecular weight is 460 g/mol. The first-order valence-electron chi connectivity index (χ1n) is 8.43. The van der Waals surface area contributed by atoms with Gasteiger partial charge in [0.05, 0.1) is 5.52 Å². The third-order valence-corrected chi connectivity index (χ3v) is 5.18. The lowest BCUT2D eigenvalue weighted by molar-refractivity contribution is -0.116. The molecule has 26 heavy (non-hydrogen) atoms. The van der Waals surface area contributed by atoms with Crippen LogP contribution in [0.1, 0.15) is 22.3 Å². The Labute approximate surface area is 166 Å². The zero-order valence-electron chi connectivity index (χ0n) is 15.3. The van der Waals surface area contributed by atoms with Crippen molar-refractivity contribution in [3.8, 4) is 0 Å². The highest BCUT2D eigenvalue weighted by molar-refractivity contribution is 14.1. The molecule has 3 rings (SSSR count). The van der Waals surface area contributed by atoms with Crippen molar-refractivity contribution in [3.05, 3.63) is 72.6 Å². The van der Waals surface area contributed by atoms with Gasteiger partial charge in [-0.05, 0) is 91.2 Å². The molecule has 1 aromatic heterocycles. The summed E-state index contributed by atoms with van der Waals surface area (Å²) < 4.78 is 2.68. The Balaban J connectivity index is 2.00. The van der Waals surface area contributed by atoms with Crippen LogP contribution < -0.4 is 10.9 Å². The summed E-state index contributed by atoms with van der Waals surface area (Å²) in [5, 5.41) is 3.94. The van der Waals surface area contributed by atoms with Gasteiger partial charge >= 0.3 is 0 Å². The summed E-state index contributed by atoms with van der Waals surface area (Å²) in [5.41, 5.74) is 5.51. The van der Waals surface area contributed by atoms with Gasteiger partial charge in [-0.25, -0.2) is 0 Å². The second-order valence-electron chi connectivity index (χ2n) is 6.74. The van der Waals surface area contributed by atoms with E-state index in [4.69, 9.17) is 0 Å².